The lowest BCUT2D eigenvalue weighted by atomic mass is 10.1. The zero-order chi connectivity index (χ0) is 19.4. The molecule has 2 aromatic rings. The van der Waals surface area contributed by atoms with Crippen molar-refractivity contribution in [2.45, 2.75) is 32.9 Å². The normalized spacial score (nSPS) is 11.7. The topological polar surface area (TPSA) is 85.8 Å². The Kier molecular flexibility index (Phi) is 5.86. The number of amides is 1. The highest BCUT2D eigenvalue weighted by molar-refractivity contribution is 7.86. The van der Waals surface area contributed by atoms with Crippen molar-refractivity contribution in [1.29, 1.82) is 0 Å². The van der Waals surface area contributed by atoms with Gasteiger partial charge in [0.1, 0.15) is 18.0 Å². The number of ether oxygens (including phenoxy) is 1. The molecule has 0 aliphatic carbocycles. The maximum absolute atomic E-state index is 12.5. The predicted octanol–water partition coefficient (Wildman–Crippen LogP) is 3.36. The first kappa shape index (κ1) is 19.7. The van der Waals surface area contributed by atoms with E-state index in [1.165, 1.54) is 17.3 Å². The van der Waals surface area contributed by atoms with E-state index in [4.69, 9.17) is 4.74 Å². The minimum absolute atomic E-state index is 0.289. The lowest BCUT2D eigenvalue weighted by Gasteiger charge is -2.34. The zero-order valence-electron chi connectivity index (χ0n) is 15.2. The molecule has 7 nitrogen and oxygen atoms in total. The van der Waals surface area contributed by atoms with Crippen molar-refractivity contribution in [2.75, 3.05) is 11.2 Å². The first-order chi connectivity index (χ1) is 12.1. The van der Waals surface area contributed by atoms with Gasteiger partial charge >= 0.3 is 16.2 Å². The molecule has 1 aromatic carbocycles. The van der Waals surface area contributed by atoms with E-state index >= 15 is 0 Å². The minimum Gasteiger partial charge on any atom is -0.487 e. The molecule has 1 aromatic heterocycles. The summed E-state index contributed by atoms with van der Waals surface area (Å²) >= 11 is 0. The average Bonchev–Trinajstić information content (AvgIpc) is 2.52. The maximum atomic E-state index is 12.5. The number of hydrogen-bond acceptors (Lipinski definition) is 6. The van der Waals surface area contributed by atoms with Gasteiger partial charge in [-0.1, -0.05) is 30.3 Å². The van der Waals surface area contributed by atoms with E-state index in [9.17, 15) is 13.2 Å². The van der Waals surface area contributed by atoms with Gasteiger partial charge in [0, 0.05) is 17.8 Å². The van der Waals surface area contributed by atoms with E-state index in [0.717, 1.165) is 11.8 Å². The van der Waals surface area contributed by atoms with Crippen LogP contribution < -0.4 is 9.64 Å². The van der Waals surface area contributed by atoms with Gasteiger partial charge in [0.05, 0.1) is 12.5 Å². The van der Waals surface area contributed by atoms with Crippen LogP contribution in [0.2, 0.25) is 0 Å². The number of rotatable bonds is 5. The van der Waals surface area contributed by atoms with Gasteiger partial charge in [-0.2, -0.15) is 8.42 Å². The lowest BCUT2D eigenvalue weighted by Crippen LogP contribution is -2.47. The Balaban J connectivity index is 2.35. The second kappa shape index (κ2) is 7.74. The van der Waals surface area contributed by atoms with Gasteiger partial charge in [0.2, 0.25) is 0 Å². The molecule has 0 saturated carbocycles. The van der Waals surface area contributed by atoms with Gasteiger partial charge in [-0.15, -0.1) is 0 Å². The largest absolute Gasteiger partial charge is 0.487 e. The molecule has 1 heterocycles. The molecule has 0 fully saturated rings. The summed E-state index contributed by atoms with van der Waals surface area (Å²) in [6, 6.07) is 11.2. The van der Waals surface area contributed by atoms with E-state index in [1.807, 2.05) is 30.3 Å². The molecule has 0 atom stereocenters. The quantitative estimate of drug-likeness (QED) is 0.742. The lowest BCUT2D eigenvalue weighted by molar-refractivity contribution is 0.203. The first-order valence-electron chi connectivity index (χ1n) is 7.92. The van der Waals surface area contributed by atoms with Crippen LogP contribution in [0.15, 0.2) is 48.8 Å². The molecular formula is C18H22N2O5S. The summed E-state index contributed by atoms with van der Waals surface area (Å²) in [7, 11) is -3.96. The molecule has 0 unspecified atom stereocenters. The number of hydrogen-bond donors (Lipinski definition) is 0. The van der Waals surface area contributed by atoms with Crippen LogP contribution in [0.3, 0.4) is 0 Å². The Morgan fingerprint density at radius 1 is 1.15 bits per heavy atom. The molecule has 0 radical (unpaired) electrons. The molecule has 140 valence electrons. The third-order valence-corrected chi connectivity index (χ3v) is 3.76. The second-order valence-electron chi connectivity index (χ2n) is 6.68. The number of carbonyl (C=O) groups excluding carboxylic acids is 1. The molecule has 2 rings (SSSR count). The third-order valence-electron chi connectivity index (χ3n) is 3.32. The number of nitrogens with zero attached hydrogens (tertiary/aromatic N) is 2. The Labute approximate surface area is 153 Å². The number of carbonyl (C=O) groups is 1. The van der Waals surface area contributed by atoms with Gasteiger partial charge in [-0.3, -0.25) is 9.88 Å². The third kappa shape index (κ3) is 5.45. The summed E-state index contributed by atoms with van der Waals surface area (Å²) in [6.07, 6.45) is 2.78. The Bertz CT molecular complexity index is 861. The molecule has 0 N–H and O–H groups in total. The second-order valence-corrected chi connectivity index (χ2v) is 8.25. The molecule has 0 aliphatic rings. The van der Waals surface area contributed by atoms with E-state index in [0.29, 0.717) is 11.4 Å². The van der Waals surface area contributed by atoms with Crippen LogP contribution in [0.1, 0.15) is 26.3 Å². The smallest absolute Gasteiger partial charge is 0.430 e. The number of aromatic nitrogens is 1. The fourth-order valence-electron chi connectivity index (χ4n) is 2.30. The van der Waals surface area contributed by atoms with Gasteiger partial charge in [-0.05, 0) is 26.3 Å². The van der Waals surface area contributed by atoms with Crippen LogP contribution >= 0.6 is 0 Å². The van der Waals surface area contributed by atoms with Crippen LogP contribution in [0.25, 0.3) is 0 Å². The fraction of sp³-hybridized carbons (Fsp3) is 0.333. The SMILES string of the molecule is CC(C)(C)N(C(=O)OS(C)(=O)=O)c1cnccc1OCc1ccccc1. The Hall–Kier alpha value is -2.61. The summed E-state index contributed by atoms with van der Waals surface area (Å²) in [4.78, 5) is 17.7. The number of benzene rings is 1. The number of anilines is 1. The maximum Gasteiger partial charge on any atom is 0.430 e. The summed E-state index contributed by atoms with van der Waals surface area (Å²) in [5.41, 5.74) is 0.510. The van der Waals surface area contributed by atoms with Crippen molar-refractivity contribution in [3.63, 3.8) is 0 Å². The van der Waals surface area contributed by atoms with Crippen molar-refractivity contribution in [2.24, 2.45) is 0 Å². The van der Waals surface area contributed by atoms with Crippen molar-refractivity contribution in [3.8, 4) is 5.75 Å². The highest BCUT2D eigenvalue weighted by Crippen LogP contribution is 2.33. The molecule has 1 amide bonds. The summed E-state index contributed by atoms with van der Waals surface area (Å²) in [6.45, 7) is 5.55. The Morgan fingerprint density at radius 2 is 1.81 bits per heavy atom. The van der Waals surface area contributed by atoms with E-state index in [-0.39, 0.29) is 6.61 Å². The highest BCUT2D eigenvalue weighted by Gasteiger charge is 2.33. The average molecular weight is 378 g/mol. The standard InChI is InChI=1S/C18H22N2O5S/c1-18(2,3)20(17(21)25-26(4,22)23)15-12-19-11-10-16(15)24-13-14-8-6-5-7-9-14/h5-12H,13H2,1-4H3. The van der Waals surface area contributed by atoms with Gasteiger partial charge in [0.15, 0.2) is 0 Å². The van der Waals surface area contributed by atoms with Crippen molar-refractivity contribution >= 4 is 21.9 Å². The van der Waals surface area contributed by atoms with Gasteiger partial charge in [-0.25, -0.2) is 4.79 Å². The minimum atomic E-state index is -3.96. The van der Waals surface area contributed by atoms with E-state index in [1.54, 1.807) is 26.8 Å². The monoisotopic (exact) mass is 378 g/mol. The van der Waals surface area contributed by atoms with Crippen LogP contribution in [0.5, 0.6) is 5.75 Å². The molecule has 0 bridgehead atoms. The predicted molar refractivity (Wildman–Crippen MR) is 98.6 cm³/mol. The van der Waals surface area contributed by atoms with E-state index < -0.39 is 21.8 Å². The molecule has 26 heavy (non-hydrogen) atoms. The van der Waals surface area contributed by atoms with Gasteiger partial charge < -0.3 is 8.92 Å². The summed E-state index contributed by atoms with van der Waals surface area (Å²) in [5, 5.41) is 0. The molecule has 0 aliphatic heterocycles. The number of pyridine rings is 1. The van der Waals surface area contributed by atoms with Crippen molar-refractivity contribution in [1.82, 2.24) is 4.98 Å². The summed E-state index contributed by atoms with van der Waals surface area (Å²) < 4.78 is 33.2. The van der Waals surface area contributed by atoms with Crippen molar-refractivity contribution < 1.29 is 22.1 Å². The van der Waals surface area contributed by atoms with Gasteiger partial charge in [0.25, 0.3) is 0 Å². The summed E-state index contributed by atoms with van der Waals surface area (Å²) in [5.74, 6) is 0.393. The highest BCUT2D eigenvalue weighted by atomic mass is 32.2. The van der Waals surface area contributed by atoms with Crippen LogP contribution in [-0.2, 0) is 20.9 Å². The fourth-order valence-corrected chi connectivity index (χ4v) is 2.63. The van der Waals surface area contributed by atoms with Crippen LogP contribution in [0.4, 0.5) is 10.5 Å². The molecule has 0 spiro atoms. The molecule has 0 saturated heterocycles. The zero-order valence-corrected chi connectivity index (χ0v) is 16.0. The van der Waals surface area contributed by atoms with Crippen molar-refractivity contribution in [3.05, 3.63) is 54.4 Å². The van der Waals surface area contributed by atoms with Crippen LogP contribution in [-0.4, -0.2) is 31.3 Å². The van der Waals surface area contributed by atoms with Crippen LogP contribution in [0, 0.1) is 0 Å². The Morgan fingerprint density at radius 3 is 2.38 bits per heavy atom. The molecule has 8 heteroatoms. The molecular weight excluding hydrogens is 356 g/mol. The first-order valence-corrected chi connectivity index (χ1v) is 9.74. The van der Waals surface area contributed by atoms with E-state index in [2.05, 4.69) is 9.17 Å².